The second-order valence-corrected chi connectivity index (χ2v) is 7.26. The van der Waals surface area contributed by atoms with Gasteiger partial charge in [0, 0.05) is 13.2 Å². The number of fused-ring (bicyclic) bond motifs is 1. The Kier molecular flexibility index (Phi) is 6.01. The van der Waals surface area contributed by atoms with Crippen LogP contribution in [0.15, 0.2) is 34.2 Å². The molecule has 24 heavy (non-hydrogen) atoms. The van der Waals surface area contributed by atoms with E-state index in [1.165, 1.54) is 16.3 Å². The van der Waals surface area contributed by atoms with Crippen molar-refractivity contribution in [3.63, 3.8) is 0 Å². The fourth-order valence-corrected chi connectivity index (χ4v) is 2.98. The first-order chi connectivity index (χ1) is 11.3. The summed E-state index contributed by atoms with van der Waals surface area (Å²) in [6, 6.07) is 7.09. The van der Waals surface area contributed by atoms with E-state index in [-0.39, 0.29) is 23.9 Å². The summed E-state index contributed by atoms with van der Waals surface area (Å²) in [6.45, 7) is 5.75. The number of thioether (sulfide) groups is 1. The minimum absolute atomic E-state index is 0.0184. The van der Waals surface area contributed by atoms with E-state index in [0.717, 1.165) is 0 Å². The molecular formula is C17H22N2O4S. The molecule has 1 aromatic carbocycles. The van der Waals surface area contributed by atoms with E-state index < -0.39 is 5.60 Å². The number of aliphatic hydroxyl groups is 1. The topological polar surface area (TPSA) is 81.4 Å². The summed E-state index contributed by atoms with van der Waals surface area (Å²) in [4.78, 5) is 29.0. The molecule has 0 aliphatic rings. The lowest BCUT2D eigenvalue weighted by Crippen LogP contribution is -2.26. The molecule has 2 aromatic rings. The maximum absolute atomic E-state index is 12.6. The van der Waals surface area contributed by atoms with Crippen LogP contribution in [0.25, 0.3) is 10.9 Å². The minimum atomic E-state index is -0.551. The zero-order chi connectivity index (χ0) is 17.7. The van der Waals surface area contributed by atoms with E-state index in [4.69, 9.17) is 9.84 Å². The fraction of sp³-hybridized carbons (Fsp3) is 0.471. The normalized spacial score (nSPS) is 11.7. The number of carbonyl (C=O) groups is 1. The number of hydrogen-bond donors (Lipinski definition) is 1. The standard InChI is InChI=1S/C17H22N2O4S/c1-17(2,3)23-14(21)11-24-16-18-13-8-5-4-7-12(13)15(22)19(16)9-6-10-20/h4-5,7-8,20H,6,9-11H2,1-3H3. The summed E-state index contributed by atoms with van der Waals surface area (Å²) in [7, 11) is 0. The van der Waals surface area contributed by atoms with Gasteiger partial charge in [0.15, 0.2) is 5.16 Å². The highest BCUT2D eigenvalue weighted by Crippen LogP contribution is 2.19. The van der Waals surface area contributed by atoms with Gasteiger partial charge in [0.1, 0.15) is 5.60 Å². The molecule has 0 saturated carbocycles. The lowest BCUT2D eigenvalue weighted by Gasteiger charge is -2.19. The van der Waals surface area contributed by atoms with Gasteiger partial charge in [-0.3, -0.25) is 14.2 Å². The Morgan fingerprint density at radius 3 is 2.71 bits per heavy atom. The number of carbonyl (C=O) groups excluding carboxylic acids is 1. The average Bonchev–Trinajstić information content (AvgIpc) is 2.50. The van der Waals surface area contributed by atoms with Gasteiger partial charge in [-0.1, -0.05) is 23.9 Å². The van der Waals surface area contributed by atoms with Crippen molar-refractivity contribution >= 4 is 28.6 Å². The quantitative estimate of drug-likeness (QED) is 0.489. The number of hydrogen-bond acceptors (Lipinski definition) is 6. The van der Waals surface area contributed by atoms with Gasteiger partial charge in [0.2, 0.25) is 0 Å². The lowest BCUT2D eigenvalue weighted by atomic mass is 10.2. The van der Waals surface area contributed by atoms with Crippen LogP contribution in [0.5, 0.6) is 0 Å². The van der Waals surface area contributed by atoms with Crippen LogP contribution in [0, 0.1) is 0 Å². The lowest BCUT2D eigenvalue weighted by molar-refractivity contribution is -0.151. The molecule has 130 valence electrons. The van der Waals surface area contributed by atoms with Gasteiger partial charge in [-0.2, -0.15) is 0 Å². The van der Waals surface area contributed by atoms with E-state index in [9.17, 15) is 9.59 Å². The van der Waals surface area contributed by atoms with Gasteiger partial charge in [0.05, 0.1) is 16.7 Å². The molecular weight excluding hydrogens is 328 g/mol. The first-order valence-electron chi connectivity index (χ1n) is 7.77. The van der Waals surface area contributed by atoms with Crippen LogP contribution in [0.1, 0.15) is 27.2 Å². The molecule has 0 saturated heterocycles. The Bertz CT molecular complexity index is 780. The molecule has 6 nitrogen and oxygen atoms in total. The zero-order valence-electron chi connectivity index (χ0n) is 14.1. The Hall–Kier alpha value is -1.86. The summed E-state index contributed by atoms with van der Waals surface area (Å²) >= 11 is 1.17. The van der Waals surface area contributed by atoms with Crippen LogP contribution < -0.4 is 5.56 Å². The third-order valence-electron chi connectivity index (χ3n) is 3.11. The monoisotopic (exact) mass is 350 g/mol. The van der Waals surface area contributed by atoms with Crippen LogP contribution in [0.2, 0.25) is 0 Å². The summed E-state index contributed by atoms with van der Waals surface area (Å²) in [5.74, 6) is -0.287. The number of rotatable bonds is 6. The molecule has 0 spiro atoms. The van der Waals surface area contributed by atoms with Crippen molar-refractivity contribution in [2.24, 2.45) is 0 Å². The van der Waals surface area contributed by atoms with Crippen molar-refractivity contribution in [3.8, 4) is 0 Å². The summed E-state index contributed by atoms with van der Waals surface area (Å²) in [5, 5.41) is 10.0. The van der Waals surface area contributed by atoms with Crippen LogP contribution in [0.4, 0.5) is 0 Å². The Balaban J connectivity index is 2.30. The van der Waals surface area contributed by atoms with Crippen molar-refractivity contribution in [2.45, 2.75) is 44.5 Å². The predicted octanol–water partition coefficient (Wildman–Crippen LogP) is 2.21. The van der Waals surface area contributed by atoms with Crippen LogP contribution >= 0.6 is 11.8 Å². The van der Waals surface area contributed by atoms with Gasteiger partial charge < -0.3 is 9.84 Å². The third kappa shape index (κ3) is 4.82. The van der Waals surface area contributed by atoms with Crippen LogP contribution in [-0.4, -0.2) is 38.6 Å². The third-order valence-corrected chi connectivity index (χ3v) is 4.06. The fourth-order valence-electron chi connectivity index (χ4n) is 2.18. The number of esters is 1. The first-order valence-corrected chi connectivity index (χ1v) is 8.75. The number of ether oxygens (including phenoxy) is 1. The molecule has 0 unspecified atom stereocenters. The number of nitrogens with zero attached hydrogens (tertiary/aromatic N) is 2. The molecule has 0 amide bonds. The zero-order valence-corrected chi connectivity index (χ0v) is 14.9. The molecule has 0 aliphatic carbocycles. The smallest absolute Gasteiger partial charge is 0.316 e. The van der Waals surface area contributed by atoms with Crippen LogP contribution in [0.3, 0.4) is 0 Å². The maximum Gasteiger partial charge on any atom is 0.316 e. The van der Waals surface area contributed by atoms with Crippen molar-refractivity contribution in [1.29, 1.82) is 0 Å². The number of para-hydroxylation sites is 1. The molecule has 2 rings (SSSR count). The minimum Gasteiger partial charge on any atom is -0.459 e. The van der Waals surface area contributed by atoms with Gasteiger partial charge >= 0.3 is 5.97 Å². The molecule has 7 heteroatoms. The predicted molar refractivity (Wildman–Crippen MR) is 94.3 cm³/mol. The Labute approximate surface area is 144 Å². The SMILES string of the molecule is CC(C)(C)OC(=O)CSc1nc2ccccc2c(=O)n1CCCO. The van der Waals surface area contributed by atoms with Crippen molar-refractivity contribution in [3.05, 3.63) is 34.6 Å². The second-order valence-electron chi connectivity index (χ2n) is 6.32. The summed E-state index contributed by atoms with van der Waals surface area (Å²) in [6.07, 6.45) is 0.444. The number of aromatic nitrogens is 2. The van der Waals surface area contributed by atoms with E-state index in [0.29, 0.717) is 29.0 Å². The Morgan fingerprint density at radius 2 is 2.04 bits per heavy atom. The summed E-state index contributed by atoms with van der Waals surface area (Å²) < 4.78 is 6.79. The molecule has 0 atom stereocenters. The molecule has 1 aromatic heterocycles. The molecule has 1 N–H and O–H groups in total. The molecule has 0 radical (unpaired) electrons. The molecule has 0 bridgehead atoms. The molecule has 1 heterocycles. The van der Waals surface area contributed by atoms with E-state index >= 15 is 0 Å². The van der Waals surface area contributed by atoms with Crippen molar-refractivity contribution in [2.75, 3.05) is 12.4 Å². The van der Waals surface area contributed by atoms with Crippen molar-refractivity contribution < 1.29 is 14.6 Å². The van der Waals surface area contributed by atoms with Gasteiger partial charge in [-0.15, -0.1) is 0 Å². The van der Waals surface area contributed by atoms with E-state index in [2.05, 4.69) is 4.98 Å². The van der Waals surface area contributed by atoms with E-state index in [1.807, 2.05) is 6.07 Å². The maximum atomic E-state index is 12.6. The second kappa shape index (κ2) is 7.81. The molecule has 0 aliphatic heterocycles. The number of benzene rings is 1. The van der Waals surface area contributed by atoms with E-state index in [1.54, 1.807) is 39.0 Å². The van der Waals surface area contributed by atoms with Crippen LogP contribution in [-0.2, 0) is 16.1 Å². The van der Waals surface area contributed by atoms with Gasteiger partial charge in [-0.05, 0) is 39.3 Å². The van der Waals surface area contributed by atoms with Gasteiger partial charge in [0.25, 0.3) is 5.56 Å². The highest BCUT2D eigenvalue weighted by Gasteiger charge is 2.18. The highest BCUT2D eigenvalue weighted by atomic mass is 32.2. The average molecular weight is 350 g/mol. The molecule has 0 fully saturated rings. The Morgan fingerprint density at radius 1 is 1.33 bits per heavy atom. The summed E-state index contributed by atoms with van der Waals surface area (Å²) in [5.41, 5.74) is -0.124. The van der Waals surface area contributed by atoms with Gasteiger partial charge in [-0.25, -0.2) is 4.98 Å². The number of aliphatic hydroxyl groups excluding tert-OH is 1. The van der Waals surface area contributed by atoms with Crippen molar-refractivity contribution in [1.82, 2.24) is 9.55 Å². The first kappa shape index (κ1) is 18.5. The highest BCUT2D eigenvalue weighted by molar-refractivity contribution is 7.99. The largest absolute Gasteiger partial charge is 0.459 e.